The summed E-state index contributed by atoms with van der Waals surface area (Å²) in [5.41, 5.74) is 7.37. The Bertz CT molecular complexity index is 1850. The maximum Gasteiger partial charge on any atom is 0.119 e. The van der Waals surface area contributed by atoms with E-state index in [-0.39, 0.29) is 6.04 Å². The van der Waals surface area contributed by atoms with Crippen molar-refractivity contribution < 1.29 is 0 Å². The highest BCUT2D eigenvalue weighted by Crippen LogP contribution is 2.48. The Morgan fingerprint density at radius 3 is 1.60 bits per heavy atom. The lowest BCUT2D eigenvalue weighted by molar-refractivity contribution is 0.162. The molecule has 0 radical (unpaired) electrons. The van der Waals surface area contributed by atoms with E-state index in [1.807, 2.05) is 12.1 Å². The predicted octanol–water partition coefficient (Wildman–Crippen LogP) is 10.8. The van der Waals surface area contributed by atoms with Crippen LogP contribution >= 0.6 is 23.2 Å². The second-order valence-electron chi connectivity index (χ2n) is 11.3. The van der Waals surface area contributed by atoms with Crippen LogP contribution in [0.2, 0.25) is 10.0 Å². The lowest BCUT2D eigenvalue weighted by atomic mass is 9.76. The maximum atomic E-state index is 7.10. The fraction of sp³-hybridized carbons (Fsp3) is 0.0732. The van der Waals surface area contributed by atoms with Crippen molar-refractivity contribution in [1.82, 2.24) is 9.80 Å². The van der Waals surface area contributed by atoms with Gasteiger partial charge < -0.3 is 9.80 Å². The Labute approximate surface area is 275 Å². The van der Waals surface area contributed by atoms with E-state index in [0.717, 1.165) is 16.7 Å². The van der Waals surface area contributed by atoms with E-state index in [1.54, 1.807) is 0 Å². The molecule has 6 aromatic rings. The molecule has 0 fully saturated rings. The van der Waals surface area contributed by atoms with Crippen molar-refractivity contribution in [2.24, 2.45) is 0 Å². The van der Waals surface area contributed by atoms with E-state index >= 15 is 0 Å². The summed E-state index contributed by atoms with van der Waals surface area (Å²) in [6.07, 6.45) is 4.42. The van der Waals surface area contributed by atoms with Crippen LogP contribution < -0.4 is 0 Å². The highest BCUT2D eigenvalue weighted by atomic mass is 35.5. The van der Waals surface area contributed by atoms with Crippen molar-refractivity contribution >= 4 is 23.2 Å². The van der Waals surface area contributed by atoms with E-state index < -0.39 is 5.54 Å². The third kappa shape index (κ3) is 5.53. The van der Waals surface area contributed by atoms with Gasteiger partial charge in [0.25, 0.3) is 0 Å². The first-order chi connectivity index (χ1) is 22.1. The zero-order chi connectivity index (χ0) is 30.6. The van der Waals surface area contributed by atoms with Crippen LogP contribution in [0.3, 0.4) is 0 Å². The number of hydrogen-bond acceptors (Lipinski definition) is 2. The normalized spacial score (nSPS) is 13.6. The van der Waals surface area contributed by atoms with Gasteiger partial charge in [-0.1, -0.05) is 175 Å². The molecular formula is C41H32Cl2N2. The number of halogens is 2. The maximum absolute atomic E-state index is 7.10. The van der Waals surface area contributed by atoms with Crippen LogP contribution in [0.25, 0.3) is 11.1 Å². The van der Waals surface area contributed by atoms with Gasteiger partial charge >= 0.3 is 0 Å². The van der Waals surface area contributed by atoms with Crippen molar-refractivity contribution in [2.45, 2.75) is 11.6 Å². The molecule has 4 heteroatoms. The van der Waals surface area contributed by atoms with E-state index in [0.29, 0.717) is 16.7 Å². The van der Waals surface area contributed by atoms with Crippen LogP contribution in [0.15, 0.2) is 176 Å². The minimum absolute atomic E-state index is 0.00205. The third-order valence-electron chi connectivity index (χ3n) is 8.67. The molecular weight excluding hydrogens is 591 g/mol. The Morgan fingerprint density at radius 1 is 0.511 bits per heavy atom. The molecule has 0 aliphatic carbocycles. The van der Waals surface area contributed by atoms with Gasteiger partial charge in [0.05, 0.1) is 12.7 Å². The van der Waals surface area contributed by atoms with Crippen LogP contribution in [-0.2, 0) is 5.54 Å². The Morgan fingerprint density at radius 2 is 1.02 bits per heavy atom. The number of nitrogens with zero attached hydrogens (tertiary/aromatic N) is 2. The molecule has 0 N–H and O–H groups in total. The number of hydrogen-bond donors (Lipinski definition) is 0. The van der Waals surface area contributed by atoms with Gasteiger partial charge in [-0.25, -0.2) is 0 Å². The van der Waals surface area contributed by atoms with Crippen molar-refractivity contribution in [3.63, 3.8) is 0 Å². The molecule has 0 spiro atoms. The molecule has 2 nitrogen and oxygen atoms in total. The van der Waals surface area contributed by atoms with Crippen molar-refractivity contribution in [2.75, 3.05) is 6.67 Å². The second-order valence-corrected chi connectivity index (χ2v) is 12.1. The SMILES string of the molecule is Clc1ccc(C(c2ccccc2)(c2ccccc2)N2C=CN(C(c3ccccc3)c3ccc(-c4ccccc4)cc3)C2)c(Cl)c1. The smallest absolute Gasteiger partial charge is 0.119 e. The van der Waals surface area contributed by atoms with Gasteiger partial charge in [-0.2, -0.15) is 0 Å². The molecule has 1 aliphatic rings. The Balaban J connectivity index is 1.35. The molecule has 1 aliphatic heterocycles. The van der Waals surface area contributed by atoms with Crippen molar-refractivity contribution in [1.29, 1.82) is 0 Å². The van der Waals surface area contributed by atoms with Crippen molar-refractivity contribution in [3.05, 3.63) is 214 Å². The van der Waals surface area contributed by atoms with Crippen molar-refractivity contribution in [3.8, 4) is 11.1 Å². The molecule has 0 saturated carbocycles. The number of rotatable bonds is 8. The number of benzene rings is 6. The first-order valence-corrected chi connectivity index (χ1v) is 15.9. The topological polar surface area (TPSA) is 6.48 Å². The second kappa shape index (κ2) is 12.7. The highest BCUT2D eigenvalue weighted by molar-refractivity contribution is 6.35. The summed E-state index contributed by atoms with van der Waals surface area (Å²) in [4.78, 5) is 4.82. The van der Waals surface area contributed by atoms with Gasteiger partial charge in [-0.3, -0.25) is 0 Å². The molecule has 0 bridgehead atoms. The first kappa shape index (κ1) is 29.0. The molecule has 1 heterocycles. The molecule has 0 amide bonds. The first-order valence-electron chi connectivity index (χ1n) is 15.1. The van der Waals surface area contributed by atoms with E-state index in [9.17, 15) is 0 Å². The zero-order valence-electron chi connectivity index (χ0n) is 24.7. The average molecular weight is 624 g/mol. The largest absolute Gasteiger partial charge is 0.347 e. The molecule has 0 saturated heterocycles. The van der Waals surface area contributed by atoms with E-state index in [2.05, 4.69) is 174 Å². The molecule has 45 heavy (non-hydrogen) atoms. The summed E-state index contributed by atoms with van der Waals surface area (Å²) >= 11 is 13.5. The standard InChI is InChI=1S/C41H32Cl2N2/c42-37-25-26-38(39(43)29-37)41(35-17-9-3-10-18-35,36-19-11-4-12-20-36)45-28-27-44(30-45)40(33-15-7-2-8-16-33)34-23-21-32(22-24-34)31-13-5-1-6-14-31/h1-29,40H,30H2. The minimum Gasteiger partial charge on any atom is -0.347 e. The molecule has 220 valence electrons. The Kier molecular flexibility index (Phi) is 8.17. The Hall–Kier alpha value is -4.76. The summed E-state index contributed by atoms with van der Waals surface area (Å²) in [6.45, 7) is 0.628. The predicted molar refractivity (Wildman–Crippen MR) is 187 cm³/mol. The van der Waals surface area contributed by atoms with Gasteiger partial charge in [-0.15, -0.1) is 0 Å². The lowest BCUT2D eigenvalue weighted by Gasteiger charge is -2.45. The summed E-state index contributed by atoms with van der Waals surface area (Å²) in [5.74, 6) is 0. The molecule has 1 atom stereocenters. The minimum atomic E-state index is -0.714. The van der Waals surface area contributed by atoms with Gasteiger partial charge in [0, 0.05) is 28.0 Å². The van der Waals surface area contributed by atoms with E-state index in [4.69, 9.17) is 23.2 Å². The van der Waals surface area contributed by atoms with Crippen LogP contribution in [0, 0.1) is 0 Å². The van der Waals surface area contributed by atoms with Crippen LogP contribution in [0.5, 0.6) is 0 Å². The van der Waals surface area contributed by atoms with Gasteiger partial charge in [0.1, 0.15) is 5.54 Å². The fourth-order valence-corrected chi connectivity index (χ4v) is 7.17. The van der Waals surface area contributed by atoms with Crippen LogP contribution in [-0.4, -0.2) is 16.5 Å². The zero-order valence-corrected chi connectivity index (χ0v) is 26.2. The van der Waals surface area contributed by atoms with Gasteiger partial charge in [0.2, 0.25) is 0 Å². The monoisotopic (exact) mass is 622 g/mol. The quantitative estimate of drug-likeness (QED) is 0.156. The third-order valence-corrected chi connectivity index (χ3v) is 9.22. The molecule has 1 unspecified atom stereocenters. The average Bonchev–Trinajstić information content (AvgIpc) is 3.58. The molecule has 0 aromatic heterocycles. The summed E-state index contributed by atoms with van der Waals surface area (Å²) in [6, 6.07) is 57.3. The van der Waals surface area contributed by atoms with Gasteiger partial charge in [-0.05, 0) is 45.5 Å². The molecule has 6 aromatic carbocycles. The highest BCUT2D eigenvalue weighted by Gasteiger charge is 2.45. The summed E-state index contributed by atoms with van der Waals surface area (Å²) in [7, 11) is 0. The van der Waals surface area contributed by atoms with Crippen LogP contribution in [0.4, 0.5) is 0 Å². The summed E-state index contributed by atoms with van der Waals surface area (Å²) < 4.78 is 0. The van der Waals surface area contributed by atoms with E-state index in [1.165, 1.54) is 22.3 Å². The van der Waals surface area contributed by atoms with Crippen LogP contribution in [0.1, 0.15) is 33.9 Å². The van der Waals surface area contributed by atoms with Gasteiger partial charge in [0.15, 0.2) is 0 Å². The molecule has 7 rings (SSSR count). The lowest BCUT2D eigenvalue weighted by Crippen LogP contribution is -2.47. The summed E-state index contributed by atoms with van der Waals surface area (Å²) in [5, 5.41) is 1.23. The fourth-order valence-electron chi connectivity index (χ4n) is 6.63.